The Morgan fingerprint density at radius 1 is 0.943 bits per heavy atom. The van der Waals surface area contributed by atoms with E-state index in [0.717, 1.165) is 49.8 Å². The molecule has 1 spiro atoms. The maximum atomic E-state index is 5.78. The van der Waals surface area contributed by atoms with Gasteiger partial charge in [0.15, 0.2) is 0 Å². The number of likely N-dealkylation sites (tertiary alicyclic amines) is 1. The highest BCUT2D eigenvalue weighted by atomic mass is 16.5. The van der Waals surface area contributed by atoms with Crippen LogP contribution in [0.25, 0.3) is 0 Å². The van der Waals surface area contributed by atoms with Crippen LogP contribution in [0.2, 0.25) is 0 Å². The summed E-state index contributed by atoms with van der Waals surface area (Å²) in [7, 11) is 1.81. The summed E-state index contributed by atoms with van der Waals surface area (Å²) in [6, 6.07) is 18.8. The summed E-state index contributed by atoms with van der Waals surface area (Å²) in [6.07, 6.45) is 9.78. The topological polar surface area (TPSA) is 36.5 Å². The fraction of sp³-hybridized carbons (Fsp3) is 0.613. The van der Waals surface area contributed by atoms with Gasteiger partial charge in [0.05, 0.1) is 7.11 Å². The highest BCUT2D eigenvalue weighted by molar-refractivity contribution is 5.47. The van der Waals surface area contributed by atoms with Crippen molar-refractivity contribution >= 4 is 0 Å². The quantitative estimate of drug-likeness (QED) is 0.635. The molecule has 2 saturated heterocycles. The van der Waals surface area contributed by atoms with Gasteiger partial charge in [-0.3, -0.25) is 4.90 Å². The van der Waals surface area contributed by atoms with Gasteiger partial charge in [-0.2, -0.15) is 0 Å². The minimum absolute atomic E-state index is 0.162. The largest absolute Gasteiger partial charge is 0.496 e. The van der Waals surface area contributed by atoms with Crippen molar-refractivity contribution in [1.29, 1.82) is 0 Å². The average Bonchev–Trinajstić information content (AvgIpc) is 3.32. The van der Waals surface area contributed by atoms with Crippen LogP contribution in [-0.4, -0.2) is 50.8 Å². The van der Waals surface area contributed by atoms with Gasteiger partial charge >= 0.3 is 0 Å². The van der Waals surface area contributed by atoms with E-state index < -0.39 is 0 Å². The number of rotatable bonds is 5. The Kier molecular flexibility index (Phi) is 6.88. The summed E-state index contributed by atoms with van der Waals surface area (Å²) in [5, 5.41) is 7.60. The van der Waals surface area contributed by atoms with Gasteiger partial charge in [-0.25, -0.2) is 0 Å². The highest BCUT2D eigenvalue weighted by Crippen LogP contribution is 2.45. The third-order valence-electron chi connectivity index (χ3n) is 9.92. The van der Waals surface area contributed by atoms with Gasteiger partial charge in [-0.1, -0.05) is 61.7 Å². The molecular formula is C31H43N3O. The fourth-order valence-electron chi connectivity index (χ4n) is 8.08. The predicted octanol–water partition coefficient (Wildman–Crippen LogP) is 5.08. The second kappa shape index (κ2) is 10.2. The number of hydrogen-bond acceptors (Lipinski definition) is 4. The Balaban J connectivity index is 1.27. The van der Waals surface area contributed by atoms with Gasteiger partial charge in [-0.15, -0.1) is 0 Å². The number of piperidine rings is 1. The second-order valence-corrected chi connectivity index (χ2v) is 11.7. The molecule has 1 saturated carbocycles. The Bertz CT molecular complexity index is 988. The molecule has 0 aromatic heterocycles. The van der Waals surface area contributed by atoms with E-state index in [1.54, 1.807) is 5.56 Å². The summed E-state index contributed by atoms with van der Waals surface area (Å²) < 4.78 is 5.78. The molecule has 0 radical (unpaired) electrons. The first kappa shape index (κ1) is 23.5. The monoisotopic (exact) mass is 473 g/mol. The molecule has 2 aromatic carbocycles. The van der Waals surface area contributed by atoms with E-state index in [9.17, 15) is 0 Å². The maximum absolute atomic E-state index is 5.78. The Morgan fingerprint density at radius 3 is 2.60 bits per heavy atom. The first-order valence-corrected chi connectivity index (χ1v) is 14.2. The van der Waals surface area contributed by atoms with Gasteiger partial charge in [0, 0.05) is 49.7 Å². The van der Waals surface area contributed by atoms with E-state index in [-0.39, 0.29) is 5.41 Å². The number of benzene rings is 2. The molecule has 0 bridgehead atoms. The molecule has 4 aliphatic rings. The molecular weight excluding hydrogens is 430 g/mol. The number of fused-ring (bicyclic) bond motifs is 2. The van der Waals surface area contributed by atoms with Crippen molar-refractivity contribution in [3.8, 4) is 5.75 Å². The standard InChI is InChI=1S/C31H43N3O/c1-35-30-14-8-13-28-27(30)19-33-22-31(28)21-32-18-26(31)20-34-16-15-25(23-9-4-2-5-10-23)17-29(34)24-11-6-3-7-12-24/h2,4-5,8-10,13-14,24-26,29,32-33H,3,6-7,11-12,15-22H2,1H3. The number of ether oxygens (including phenoxy) is 1. The molecule has 1 aliphatic carbocycles. The highest BCUT2D eigenvalue weighted by Gasteiger charge is 2.49. The lowest BCUT2D eigenvalue weighted by Gasteiger charge is -2.48. The van der Waals surface area contributed by atoms with Crippen LogP contribution in [0.1, 0.15) is 67.6 Å². The lowest BCUT2D eigenvalue weighted by molar-refractivity contribution is 0.0499. The third-order valence-corrected chi connectivity index (χ3v) is 9.92. The van der Waals surface area contributed by atoms with E-state index in [0.29, 0.717) is 5.92 Å². The number of nitrogens with zero attached hydrogens (tertiary/aromatic N) is 1. The molecule has 6 rings (SSSR count). The summed E-state index contributed by atoms with van der Waals surface area (Å²) in [5.74, 6) is 3.26. The smallest absolute Gasteiger partial charge is 0.123 e. The lowest BCUT2D eigenvalue weighted by atomic mass is 9.68. The van der Waals surface area contributed by atoms with Crippen molar-refractivity contribution in [2.24, 2.45) is 11.8 Å². The fourth-order valence-corrected chi connectivity index (χ4v) is 8.08. The van der Waals surface area contributed by atoms with Gasteiger partial charge in [0.2, 0.25) is 0 Å². The zero-order valence-electron chi connectivity index (χ0n) is 21.5. The molecule has 35 heavy (non-hydrogen) atoms. The van der Waals surface area contributed by atoms with Gasteiger partial charge < -0.3 is 15.4 Å². The van der Waals surface area contributed by atoms with E-state index >= 15 is 0 Å². The minimum Gasteiger partial charge on any atom is -0.496 e. The summed E-state index contributed by atoms with van der Waals surface area (Å²) in [4.78, 5) is 2.95. The van der Waals surface area contributed by atoms with Crippen molar-refractivity contribution in [3.05, 3.63) is 65.2 Å². The molecule has 3 fully saturated rings. The van der Waals surface area contributed by atoms with Crippen LogP contribution in [0.5, 0.6) is 5.75 Å². The maximum Gasteiger partial charge on any atom is 0.123 e. The molecule has 4 nitrogen and oxygen atoms in total. The molecule has 4 heteroatoms. The van der Waals surface area contributed by atoms with E-state index in [4.69, 9.17) is 4.74 Å². The van der Waals surface area contributed by atoms with Crippen LogP contribution in [0.15, 0.2) is 48.5 Å². The van der Waals surface area contributed by atoms with Gasteiger partial charge in [-0.05, 0) is 67.2 Å². The van der Waals surface area contributed by atoms with E-state index in [2.05, 4.69) is 64.1 Å². The number of hydrogen-bond donors (Lipinski definition) is 2. The van der Waals surface area contributed by atoms with Gasteiger partial charge in [0.1, 0.15) is 5.75 Å². The second-order valence-electron chi connectivity index (χ2n) is 11.7. The molecule has 0 amide bonds. The van der Waals surface area contributed by atoms with E-state index in [1.807, 2.05) is 7.11 Å². The van der Waals surface area contributed by atoms with Crippen LogP contribution in [0, 0.1) is 11.8 Å². The van der Waals surface area contributed by atoms with Crippen LogP contribution < -0.4 is 15.4 Å². The van der Waals surface area contributed by atoms with E-state index in [1.165, 1.54) is 69.2 Å². The first-order chi connectivity index (χ1) is 17.3. The molecule has 4 atom stereocenters. The van der Waals surface area contributed by atoms with Crippen LogP contribution in [0.4, 0.5) is 0 Å². The Morgan fingerprint density at radius 2 is 1.77 bits per heavy atom. The zero-order chi connectivity index (χ0) is 23.7. The predicted molar refractivity (Wildman–Crippen MR) is 143 cm³/mol. The third kappa shape index (κ3) is 4.43. The van der Waals surface area contributed by atoms with Crippen LogP contribution in [0.3, 0.4) is 0 Å². The Hall–Kier alpha value is -1.88. The molecule has 188 valence electrons. The molecule has 4 unspecified atom stereocenters. The SMILES string of the molecule is COc1cccc2c1CNCC21CNCC1CN1CCC(c2ccccc2)CC1C1CCCCC1. The molecule has 2 aromatic rings. The lowest BCUT2D eigenvalue weighted by Crippen LogP contribution is -2.54. The number of methoxy groups -OCH3 is 1. The summed E-state index contributed by atoms with van der Waals surface area (Å²) in [5.41, 5.74) is 4.63. The van der Waals surface area contributed by atoms with Crippen molar-refractivity contribution in [2.75, 3.05) is 39.8 Å². The minimum atomic E-state index is 0.162. The van der Waals surface area contributed by atoms with Crippen LogP contribution in [-0.2, 0) is 12.0 Å². The van der Waals surface area contributed by atoms with Crippen LogP contribution >= 0.6 is 0 Å². The zero-order valence-corrected chi connectivity index (χ0v) is 21.5. The average molecular weight is 474 g/mol. The first-order valence-electron chi connectivity index (χ1n) is 14.2. The van der Waals surface area contributed by atoms with Crippen molar-refractivity contribution in [1.82, 2.24) is 15.5 Å². The van der Waals surface area contributed by atoms with Gasteiger partial charge in [0.25, 0.3) is 0 Å². The number of nitrogens with one attached hydrogen (secondary N) is 2. The molecule has 3 heterocycles. The van der Waals surface area contributed by atoms with Crippen molar-refractivity contribution in [3.63, 3.8) is 0 Å². The molecule has 2 N–H and O–H groups in total. The Labute approximate surface area is 211 Å². The normalized spacial score (nSPS) is 32.0. The summed E-state index contributed by atoms with van der Waals surface area (Å²) >= 11 is 0. The molecule has 3 aliphatic heterocycles. The van der Waals surface area contributed by atoms with Crippen molar-refractivity contribution < 1.29 is 4.74 Å². The summed E-state index contributed by atoms with van der Waals surface area (Å²) in [6.45, 7) is 6.63. The van der Waals surface area contributed by atoms with Crippen molar-refractivity contribution in [2.45, 2.75) is 68.9 Å².